The van der Waals surface area contributed by atoms with Crippen LogP contribution in [-0.4, -0.2) is 45.9 Å². The predicted molar refractivity (Wildman–Crippen MR) is 83.7 cm³/mol. The highest BCUT2D eigenvalue weighted by atomic mass is 32.2. The Morgan fingerprint density at radius 1 is 1.10 bits per heavy atom. The average molecular weight is 315 g/mol. The number of pyridine rings is 1. The van der Waals surface area contributed by atoms with Gasteiger partial charge in [0.15, 0.2) is 11.9 Å². The fourth-order valence-electron chi connectivity index (χ4n) is 1.68. The third-order valence-electron chi connectivity index (χ3n) is 3.10. The number of methoxy groups -OCH3 is 1. The van der Waals surface area contributed by atoms with E-state index in [1.165, 1.54) is 4.90 Å². The Bertz CT molecular complexity index is 415. The lowest BCUT2D eigenvalue weighted by Crippen LogP contribution is -2.30. The molecule has 1 aromatic heterocycles. The molecule has 0 saturated carbocycles. The molecule has 6 heteroatoms. The van der Waals surface area contributed by atoms with Crippen molar-refractivity contribution in [2.45, 2.75) is 25.2 Å². The van der Waals surface area contributed by atoms with Crippen LogP contribution >= 0.6 is 11.8 Å². The van der Waals surface area contributed by atoms with E-state index in [1.54, 1.807) is 25.1 Å². The summed E-state index contributed by atoms with van der Waals surface area (Å²) >= 11 is 1.76. The molecule has 0 spiro atoms. The van der Waals surface area contributed by atoms with Gasteiger partial charge < -0.3 is 19.4 Å². The maximum absolute atomic E-state index is 11.4. The number of nitrogens with zero attached hydrogens (tertiary/aromatic N) is 1. The molecule has 0 bridgehead atoms. The lowest BCUT2D eigenvalue weighted by Gasteiger charge is -2.09. The number of hydrogen-bond acceptors (Lipinski definition) is 5. The summed E-state index contributed by atoms with van der Waals surface area (Å²) in [6.07, 6.45) is 2.55. The number of ether oxygens (including phenoxy) is 3. The minimum atomic E-state index is 0.608. The summed E-state index contributed by atoms with van der Waals surface area (Å²) in [6, 6.07) is 1.88. The van der Waals surface area contributed by atoms with Crippen molar-refractivity contribution < 1.29 is 18.9 Å². The zero-order chi connectivity index (χ0) is 15.5. The van der Waals surface area contributed by atoms with Gasteiger partial charge in [-0.15, -0.1) is 11.8 Å². The lowest BCUT2D eigenvalue weighted by molar-refractivity contribution is -0.613. The molecule has 0 aromatic carbocycles. The molecule has 21 heavy (non-hydrogen) atoms. The Kier molecular flexibility index (Phi) is 9.41. The summed E-state index contributed by atoms with van der Waals surface area (Å²) < 4.78 is 16.6. The predicted octanol–water partition coefficient (Wildman–Crippen LogP) is 2.10. The van der Waals surface area contributed by atoms with Crippen LogP contribution in [0.15, 0.2) is 17.2 Å². The highest BCUT2D eigenvalue weighted by Gasteiger charge is 2.08. The number of aromatic nitrogens is 1. The third-order valence-corrected chi connectivity index (χ3v) is 4.34. The molecule has 0 radical (unpaired) electrons. The van der Waals surface area contributed by atoms with Gasteiger partial charge in [0.25, 0.3) is 0 Å². The second kappa shape index (κ2) is 10.8. The molecule has 0 aliphatic heterocycles. The molecular weight excluding hydrogens is 290 g/mol. The second-order valence-electron chi connectivity index (χ2n) is 4.64. The molecule has 0 unspecified atom stereocenters. The van der Waals surface area contributed by atoms with Crippen LogP contribution in [0.2, 0.25) is 0 Å². The molecule has 0 fully saturated rings. The summed E-state index contributed by atoms with van der Waals surface area (Å²) in [7, 11) is 1.66. The van der Waals surface area contributed by atoms with Crippen LogP contribution in [0.4, 0.5) is 0 Å². The second-order valence-corrected chi connectivity index (χ2v) is 5.77. The zero-order valence-electron chi connectivity index (χ0n) is 13.1. The van der Waals surface area contributed by atoms with Crippen LogP contribution in [0.25, 0.3) is 0 Å². The summed E-state index contributed by atoms with van der Waals surface area (Å²) in [4.78, 5) is 1.17. The molecule has 0 amide bonds. The Labute approximate surface area is 131 Å². The van der Waals surface area contributed by atoms with E-state index in [0.29, 0.717) is 26.4 Å². The fraction of sp³-hybridized carbons (Fsp3) is 0.667. The van der Waals surface area contributed by atoms with Crippen molar-refractivity contribution in [1.82, 2.24) is 0 Å². The van der Waals surface area contributed by atoms with E-state index < -0.39 is 0 Å². The van der Waals surface area contributed by atoms with Gasteiger partial charge in [-0.25, -0.2) is 0 Å². The highest BCUT2D eigenvalue weighted by Crippen LogP contribution is 2.23. The van der Waals surface area contributed by atoms with Gasteiger partial charge in [-0.05, 0) is 13.3 Å². The molecule has 0 atom stereocenters. The van der Waals surface area contributed by atoms with Crippen LogP contribution in [0, 0.1) is 19.1 Å². The van der Waals surface area contributed by atoms with Crippen molar-refractivity contribution >= 4 is 11.8 Å². The monoisotopic (exact) mass is 315 g/mol. The summed E-state index contributed by atoms with van der Waals surface area (Å²) in [5, 5.41) is 11.4. The van der Waals surface area contributed by atoms with Crippen molar-refractivity contribution in [1.29, 1.82) is 0 Å². The summed E-state index contributed by atoms with van der Waals surface area (Å²) in [5.74, 6) is 0.980. The number of thioether (sulfide) groups is 1. The summed E-state index contributed by atoms with van der Waals surface area (Å²) in [6.45, 7) is 7.02. The number of rotatable bonds is 11. The van der Waals surface area contributed by atoms with Crippen LogP contribution < -0.4 is 4.73 Å². The molecule has 0 aliphatic carbocycles. The van der Waals surface area contributed by atoms with E-state index in [1.807, 2.05) is 19.9 Å². The van der Waals surface area contributed by atoms with E-state index in [4.69, 9.17) is 14.2 Å². The third kappa shape index (κ3) is 7.13. The first-order chi connectivity index (χ1) is 10.2. The standard InChI is InChI=1S/C15H25NO4S/c1-13-14(2)16(17)6-5-15(13)21-12-4-7-19-10-11-20-9-8-18-3/h5-6H,4,7-12H2,1-3H3. The van der Waals surface area contributed by atoms with Crippen molar-refractivity contribution in [2.24, 2.45) is 0 Å². The molecule has 1 heterocycles. The first-order valence-corrected chi connectivity index (χ1v) is 8.12. The Hall–Kier alpha value is -0.820. The molecule has 120 valence electrons. The molecule has 0 aliphatic rings. The van der Waals surface area contributed by atoms with E-state index in [-0.39, 0.29) is 0 Å². The Morgan fingerprint density at radius 3 is 2.48 bits per heavy atom. The quantitative estimate of drug-likeness (QED) is 0.271. The Morgan fingerprint density at radius 2 is 1.76 bits per heavy atom. The molecule has 1 rings (SSSR count). The average Bonchev–Trinajstić information content (AvgIpc) is 2.49. The smallest absolute Gasteiger partial charge is 0.193 e. The van der Waals surface area contributed by atoms with Gasteiger partial charge in [0.2, 0.25) is 0 Å². The van der Waals surface area contributed by atoms with Gasteiger partial charge in [-0.3, -0.25) is 0 Å². The number of hydrogen-bond donors (Lipinski definition) is 0. The van der Waals surface area contributed by atoms with Crippen molar-refractivity contribution in [2.75, 3.05) is 45.9 Å². The Balaban J connectivity index is 2.06. The zero-order valence-corrected chi connectivity index (χ0v) is 13.9. The van der Waals surface area contributed by atoms with Crippen molar-refractivity contribution in [3.05, 3.63) is 28.7 Å². The molecular formula is C15H25NO4S. The first kappa shape index (κ1) is 18.2. The topological polar surface area (TPSA) is 54.6 Å². The van der Waals surface area contributed by atoms with E-state index in [2.05, 4.69) is 0 Å². The van der Waals surface area contributed by atoms with Gasteiger partial charge in [0.05, 0.1) is 26.4 Å². The van der Waals surface area contributed by atoms with E-state index in [0.717, 1.165) is 34.8 Å². The van der Waals surface area contributed by atoms with Crippen LogP contribution in [0.5, 0.6) is 0 Å². The molecule has 0 saturated heterocycles. The van der Waals surface area contributed by atoms with Crippen LogP contribution in [0.1, 0.15) is 17.7 Å². The fourth-order valence-corrected chi connectivity index (χ4v) is 2.68. The SMILES string of the molecule is COCCOCCOCCCSc1cc[n+]([O-])c(C)c1C. The minimum Gasteiger partial charge on any atom is -0.619 e. The van der Waals surface area contributed by atoms with Crippen LogP contribution in [0.3, 0.4) is 0 Å². The molecule has 0 N–H and O–H groups in total. The lowest BCUT2D eigenvalue weighted by atomic mass is 10.2. The van der Waals surface area contributed by atoms with Gasteiger partial charge in [0.1, 0.15) is 0 Å². The van der Waals surface area contributed by atoms with Gasteiger partial charge in [0, 0.05) is 42.9 Å². The van der Waals surface area contributed by atoms with Crippen molar-refractivity contribution in [3.63, 3.8) is 0 Å². The first-order valence-electron chi connectivity index (χ1n) is 7.13. The van der Waals surface area contributed by atoms with Crippen LogP contribution in [-0.2, 0) is 14.2 Å². The van der Waals surface area contributed by atoms with Gasteiger partial charge in [-0.1, -0.05) is 0 Å². The normalized spacial score (nSPS) is 11.0. The van der Waals surface area contributed by atoms with Gasteiger partial charge >= 0.3 is 0 Å². The maximum Gasteiger partial charge on any atom is 0.193 e. The summed E-state index contributed by atoms with van der Waals surface area (Å²) in [5.41, 5.74) is 1.83. The molecule has 1 aromatic rings. The van der Waals surface area contributed by atoms with E-state index >= 15 is 0 Å². The van der Waals surface area contributed by atoms with E-state index in [9.17, 15) is 5.21 Å². The molecule has 5 nitrogen and oxygen atoms in total. The largest absolute Gasteiger partial charge is 0.619 e. The highest BCUT2D eigenvalue weighted by molar-refractivity contribution is 7.99. The van der Waals surface area contributed by atoms with Crippen molar-refractivity contribution in [3.8, 4) is 0 Å². The maximum atomic E-state index is 11.4. The minimum absolute atomic E-state index is 0.608. The van der Waals surface area contributed by atoms with Gasteiger partial charge in [-0.2, -0.15) is 4.73 Å².